The van der Waals surface area contributed by atoms with Crippen molar-refractivity contribution in [3.8, 4) is 0 Å². The molecule has 18 heavy (non-hydrogen) atoms. The van der Waals surface area contributed by atoms with Crippen molar-refractivity contribution in [1.82, 2.24) is 9.88 Å². The Labute approximate surface area is 111 Å². The molecule has 0 fully saturated rings. The summed E-state index contributed by atoms with van der Waals surface area (Å²) in [4.78, 5) is 6.31. The molecule has 2 aromatic rings. The summed E-state index contributed by atoms with van der Waals surface area (Å²) in [5.41, 5.74) is 4.80. The van der Waals surface area contributed by atoms with E-state index in [0.717, 1.165) is 23.1 Å². The molecule has 4 nitrogen and oxygen atoms in total. The summed E-state index contributed by atoms with van der Waals surface area (Å²) in [5, 5.41) is 5.86. The summed E-state index contributed by atoms with van der Waals surface area (Å²) in [5.74, 6) is 0. The number of aromatic nitrogens is 1. The van der Waals surface area contributed by atoms with E-state index in [0.29, 0.717) is 5.02 Å². The molecule has 1 aromatic carbocycles. The van der Waals surface area contributed by atoms with Gasteiger partial charge in [-0.3, -0.25) is 10.4 Å². The van der Waals surface area contributed by atoms with Gasteiger partial charge in [-0.05, 0) is 38.4 Å². The van der Waals surface area contributed by atoms with E-state index in [1.807, 2.05) is 49.5 Å². The number of hydrogen-bond donors (Lipinski definition) is 1. The Bertz CT molecular complexity index is 566. The number of fused-ring (bicyclic) bond motifs is 1. The minimum Gasteiger partial charge on any atom is -0.304 e. The summed E-state index contributed by atoms with van der Waals surface area (Å²) in [6.45, 7) is 0.793. The van der Waals surface area contributed by atoms with Gasteiger partial charge in [-0.25, -0.2) is 0 Å². The zero-order valence-corrected chi connectivity index (χ0v) is 11.1. The smallest absolute Gasteiger partial charge is 0.0738 e. The molecular formula is C13H15ClN4. The first kappa shape index (κ1) is 12.8. The van der Waals surface area contributed by atoms with Crippen molar-refractivity contribution >= 4 is 34.4 Å². The van der Waals surface area contributed by atoms with Gasteiger partial charge in [0.1, 0.15) is 0 Å². The molecule has 0 amide bonds. The number of hydrogen-bond acceptors (Lipinski definition) is 4. The molecule has 0 aliphatic rings. The Morgan fingerprint density at radius 1 is 1.39 bits per heavy atom. The maximum atomic E-state index is 5.94. The molecule has 0 aliphatic heterocycles. The highest BCUT2D eigenvalue weighted by molar-refractivity contribution is 6.31. The number of anilines is 1. The van der Waals surface area contributed by atoms with Crippen LogP contribution in [0.3, 0.4) is 0 Å². The van der Waals surface area contributed by atoms with Crippen LogP contribution in [0.2, 0.25) is 5.02 Å². The predicted octanol–water partition coefficient (Wildman–Crippen LogP) is 2.85. The van der Waals surface area contributed by atoms with Crippen LogP contribution in [0.15, 0.2) is 35.6 Å². The molecule has 1 aromatic heterocycles. The van der Waals surface area contributed by atoms with E-state index in [1.54, 1.807) is 6.20 Å². The van der Waals surface area contributed by atoms with Crippen molar-refractivity contribution in [2.75, 3.05) is 26.1 Å². The van der Waals surface area contributed by atoms with Gasteiger partial charge in [-0.2, -0.15) is 5.10 Å². The van der Waals surface area contributed by atoms with Crippen molar-refractivity contribution in [3.63, 3.8) is 0 Å². The standard InChI is InChI=1S/C13H15ClN4/c1-18(2)8-7-16-17-12-5-6-15-13-9-10(14)3-4-11(12)13/h3-7,9H,8H2,1-2H3,(H,15,17)/b16-7-. The number of nitrogens with one attached hydrogen (secondary N) is 1. The quantitative estimate of drug-likeness (QED) is 0.680. The lowest BCUT2D eigenvalue weighted by Gasteiger charge is -2.06. The van der Waals surface area contributed by atoms with Crippen LogP contribution >= 0.6 is 11.6 Å². The fourth-order valence-electron chi connectivity index (χ4n) is 1.54. The highest BCUT2D eigenvalue weighted by Crippen LogP contribution is 2.24. The van der Waals surface area contributed by atoms with Gasteiger partial charge in [0, 0.05) is 29.4 Å². The average molecular weight is 263 g/mol. The molecule has 0 atom stereocenters. The van der Waals surface area contributed by atoms with E-state index in [1.165, 1.54) is 0 Å². The Morgan fingerprint density at radius 3 is 3.00 bits per heavy atom. The molecule has 1 N–H and O–H groups in total. The molecule has 0 radical (unpaired) electrons. The molecule has 0 saturated heterocycles. The fraction of sp³-hybridized carbons (Fsp3) is 0.231. The van der Waals surface area contributed by atoms with Crippen LogP contribution in [-0.2, 0) is 0 Å². The predicted molar refractivity (Wildman–Crippen MR) is 77.4 cm³/mol. The lowest BCUT2D eigenvalue weighted by molar-refractivity contribution is 0.473. The molecule has 94 valence electrons. The lowest BCUT2D eigenvalue weighted by atomic mass is 10.2. The third kappa shape index (κ3) is 3.18. The number of benzene rings is 1. The zero-order chi connectivity index (χ0) is 13.0. The fourth-order valence-corrected chi connectivity index (χ4v) is 1.70. The van der Waals surface area contributed by atoms with Gasteiger partial charge < -0.3 is 4.90 Å². The largest absolute Gasteiger partial charge is 0.304 e. The van der Waals surface area contributed by atoms with Crippen LogP contribution in [0.4, 0.5) is 5.69 Å². The number of halogens is 1. The van der Waals surface area contributed by atoms with E-state index in [9.17, 15) is 0 Å². The van der Waals surface area contributed by atoms with Crippen LogP contribution in [0.25, 0.3) is 10.9 Å². The number of hydrazone groups is 1. The van der Waals surface area contributed by atoms with Gasteiger partial charge in [0.05, 0.1) is 11.2 Å². The number of rotatable bonds is 4. The zero-order valence-electron chi connectivity index (χ0n) is 10.4. The van der Waals surface area contributed by atoms with Gasteiger partial charge in [-0.1, -0.05) is 11.6 Å². The first-order valence-electron chi connectivity index (χ1n) is 5.63. The van der Waals surface area contributed by atoms with Gasteiger partial charge in [0.2, 0.25) is 0 Å². The molecular weight excluding hydrogens is 248 g/mol. The molecule has 2 rings (SSSR count). The second-order valence-corrected chi connectivity index (χ2v) is 4.64. The molecule has 0 aliphatic carbocycles. The van der Waals surface area contributed by atoms with Crippen LogP contribution in [0.1, 0.15) is 0 Å². The molecule has 1 heterocycles. The SMILES string of the molecule is CN(C)C/C=N\Nc1ccnc2cc(Cl)ccc12. The topological polar surface area (TPSA) is 40.5 Å². The minimum absolute atomic E-state index is 0.684. The van der Waals surface area contributed by atoms with E-state index in [2.05, 4.69) is 15.5 Å². The lowest BCUT2D eigenvalue weighted by Crippen LogP contribution is -2.14. The highest BCUT2D eigenvalue weighted by atomic mass is 35.5. The van der Waals surface area contributed by atoms with E-state index < -0.39 is 0 Å². The van der Waals surface area contributed by atoms with Gasteiger partial charge in [0.25, 0.3) is 0 Å². The third-order valence-electron chi connectivity index (χ3n) is 2.43. The van der Waals surface area contributed by atoms with Gasteiger partial charge in [0.15, 0.2) is 0 Å². The molecule has 0 unspecified atom stereocenters. The molecule has 0 bridgehead atoms. The van der Waals surface area contributed by atoms with Crippen LogP contribution in [0, 0.1) is 0 Å². The van der Waals surface area contributed by atoms with Crippen molar-refractivity contribution < 1.29 is 0 Å². The third-order valence-corrected chi connectivity index (χ3v) is 2.66. The minimum atomic E-state index is 0.684. The van der Waals surface area contributed by atoms with Gasteiger partial charge in [-0.15, -0.1) is 0 Å². The normalized spacial score (nSPS) is 11.6. The Morgan fingerprint density at radius 2 is 2.22 bits per heavy atom. The van der Waals surface area contributed by atoms with E-state index in [-0.39, 0.29) is 0 Å². The summed E-state index contributed by atoms with van der Waals surface area (Å²) in [6.07, 6.45) is 3.56. The van der Waals surface area contributed by atoms with Crippen molar-refractivity contribution in [2.45, 2.75) is 0 Å². The highest BCUT2D eigenvalue weighted by Gasteiger charge is 2.01. The summed E-state index contributed by atoms with van der Waals surface area (Å²) >= 11 is 5.94. The summed E-state index contributed by atoms with van der Waals surface area (Å²) in [7, 11) is 3.99. The molecule has 0 saturated carbocycles. The summed E-state index contributed by atoms with van der Waals surface area (Å²) < 4.78 is 0. The number of nitrogens with zero attached hydrogens (tertiary/aromatic N) is 3. The number of pyridine rings is 1. The monoisotopic (exact) mass is 262 g/mol. The van der Waals surface area contributed by atoms with Crippen molar-refractivity contribution in [3.05, 3.63) is 35.5 Å². The second-order valence-electron chi connectivity index (χ2n) is 4.21. The van der Waals surface area contributed by atoms with Crippen LogP contribution in [0.5, 0.6) is 0 Å². The Kier molecular flexibility index (Phi) is 4.12. The first-order chi connectivity index (χ1) is 8.66. The second kappa shape index (κ2) is 5.80. The van der Waals surface area contributed by atoms with E-state index in [4.69, 9.17) is 11.6 Å². The maximum Gasteiger partial charge on any atom is 0.0738 e. The van der Waals surface area contributed by atoms with Gasteiger partial charge >= 0.3 is 0 Å². The Balaban J connectivity index is 2.20. The van der Waals surface area contributed by atoms with Crippen molar-refractivity contribution in [1.29, 1.82) is 0 Å². The average Bonchev–Trinajstić information content (AvgIpc) is 2.34. The van der Waals surface area contributed by atoms with Crippen molar-refractivity contribution in [2.24, 2.45) is 5.10 Å². The first-order valence-corrected chi connectivity index (χ1v) is 6.01. The van der Waals surface area contributed by atoms with Crippen LogP contribution < -0.4 is 5.43 Å². The maximum absolute atomic E-state index is 5.94. The van der Waals surface area contributed by atoms with Crippen LogP contribution in [-0.4, -0.2) is 36.7 Å². The summed E-state index contributed by atoms with van der Waals surface area (Å²) in [6, 6.07) is 7.52. The molecule has 5 heteroatoms. The molecule has 0 spiro atoms. The Hall–Kier alpha value is -1.65. The van der Waals surface area contributed by atoms with E-state index >= 15 is 0 Å².